The Hall–Kier alpha value is -2.96. The summed E-state index contributed by atoms with van der Waals surface area (Å²) < 4.78 is 17.2. The number of aryl methyl sites for hydroxylation is 3. The van der Waals surface area contributed by atoms with Crippen LogP contribution in [0.1, 0.15) is 41.3 Å². The van der Waals surface area contributed by atoms with Crippen LogP contribution in [0.4, 0.5) is 4.39 Å². The van der Waals surface area contributed by atoms with Gasteiger partial charge in [0.25, 0.3) is 0 Å². The molecule has 3 aromatic rings. The fourth-order valence-electron chi connectivity index (χ4n) is 4.37. The van der Waals surface area contributed by atoms with Gasteiger partial charge in [0.1, 0.15) is 18.2 Å². The molecule has 1 aliphatic rings. The molecule has 0 atom stereocenters. The Kier molecular flexibility index (Phi) is 6.20. The van der Waals surface area contributed by atoms with Gasteiger partial charge in [0.15, 0.2) is 0 Å². The maximum absolute atomic E-state index is 13.2. The zero-order valence-corrected chi connectivity index (χ0v) is 18.5. The second kappa shape index (κ2) is 9.04. The number of rotatable bonds is 6. The lowest BCUT2D eigenvalue weighted by Gasteiger charge is -2.32. The molecule has 1 fully saturated rings. The molecule has 3 heterocycles. The standard InChI is InChI=1S/C24H30FN5O/c1-17-12-18(2)30(27-17)16-24(31)28-10-8-20(9-11-28)13-23-26-14-19(3)29(23)15-21-4-6-22(25)7-5-21/h4-7,12,14,20H,8-11,13,15-16H2,1-3H3. The molecule has 31 heavy (non-hydrogen) atoms. The zero-order chi connectivity index (χ0) is 22.0. The smallest absolute Gasteiger partial charge is 0.244 e. The minimum atomic E-state index is -0.217. The number of carbonyl (C=O) groups excluding carboxylic acids is 1. The van der Waals surface area contributed by atoms with Gasteiger partial charge in [-0.15, -0.1) is 0 Å². The number of amides is 1. The second-order valence-electron chi connectivity index (χ2n) is 8.64. The Balaban J connectivity index is 1.33. The first kappa shape index (κ1) is 21.3. The number of imidazole rings is 1. The van der Waals surface area contributed by atoms with Crippen LogP contribution >= 0.6 is 0 Å². The lowest BCUT2D eigenvalue weighted by atomic mass is 9.93. The molecule has 6 nitrogen and oxygen atoms in total. The van der Waals surface area contributed by atoms with Crippen LogP contribution < -0.4 is 0 Å². The number of hydrogen-bond donors (Lipinski definition) is 0. The van der Waals surface area contributed by atoms with Crippen molar-refractivity contribution in [1.82, 2.24) is 24.2 Å². The van der Waals surface area contributed by atoms with E-state index in [1.165, 1.54) is 12.1 Å². The molecule has 0 N–H and O–H groups in total. The van der Waals surface area contributed by atoms with Crippen LogP contribution in [0.2, 0.25) is 0 Å². The lowest BCUT2D eigenvalue weighted by Crippen LogP contribution is -2.41. The Labute approximate surface area is 182 Å². The van der Waals surface area contributed by atoms with Crippen molar-refractivity contribution < 1.29 is 9.18 Å². The number of nitrogens with zero attached hydrogens (tertiary/aromatic N) is 5. The van der Waals surface area contributed by atoms with Crippen LogP contribution in [-0.2, 0) is 24.3 Å². The minimum Gasteiger partial charge on any atom is -0.341 e. The number of likely N-dealkylation sites (tertiary alicyclic amines) is 1. The summed E-state index contributed by atoms with van der Waals surface area (Å²) in [6.07, 6.45) is 4.76. The predicted molar refractivity (Wildman–Crippen MR) is 117 cm³/mol. The molecule has 1 aromatic carbocycles. The quantitative estimate of drug-likeness (QED) is 0.608. The Morgan fingerprint density at radius 2 is 1.81 bits per heavy atom. The molecule has 0 spiro atoms. The van der Waals surface area contributed by atoms with Gasteiger partial charge < -0.3 is 9.47 Å². The highest BCUT2D eigenvalue weighted by molar-refractivity contribution is 5.76. The largest absolute Gasteiger partial charge is 0.341 e. The van der Waals surface area contributed by atoms with E-state index in [1.807, 2.05) is 43.1 Å². The first-order valence-electron chi connectivity index (χ1n) is 10.9. The van der Waals surface area contributed by atoms with Crippen LogP contribution in [-0.4, -0.2) is 43.2 Å². The van der Waals surface area contributed by atoms with Crippen LogP contribution in [0.3, 0.4) is 0 Å². The van der Waals surface area contributed by atoms with E-state index in [-0.39, 0.29) is 11.7 Å². The first-order valence-corrected chi connectivity index (χ1v) is 10.9. The Morgan fingerprint density at radius 3 is 2.45 bits per heavy atom. The summed E-state index contributed by atoms with van der Waals surface area (Å²) in [7, 11) is 0. The van der Waals surface area contributed by atoms with Gasteiger partial charge in [0.2, 0.25) is 5.91 Å². The van der Waals surface area contributed by atoms with Crippen LogP contribution in [0, 0.1) is 32.5 Å². The molecule has 7 heteroatoms. The van der Waals surface area contributed by atoms with Crippen molar-refractivity contribution in [3.63, 3.8) is 0 Å². The van der Waals surface area contributed by atoms with Gasteiger partial charge in [-0.25, -0.2) is 9.37 Å². The molecule has 0 bridgehead atoms. The SMILES string of the molecule is Cc1cc(C)n(CC(=O)N2CCC(Cc3ncc(C)n3Cc3ccc(F)cc3)CC2)n1. The number of piperidine rings is 1. The fourth-order valence-corrected chi connectivity index (χ4v) is 4.37. The maximum Gasteiger partial charge on any atom is 0.244 e. The molecular formula is C24H30FN5O. The van der Waals surface area contributed by atoms with E-state index < -0.39 is 0 Å². The van der Waals surface area contributed by atoms with Crippen molar-refractivity contribution in [2.45, 2.75) is 53.1 Å². The maximum atomic E-state index is 13.2. The summed E-state index contributed by atoms with van der Waals surface area (Å²) in [5, 5.41) is 4.40. The third kappa shape index (κ3) is 5.03. The first-order chi connectivity index (χ1) is 14.9. The van der Waals surface area contributed by atoms with Gasteiger partial charge in [-0.2, -0.15) is 5.10 Å². The molecular weight excluding hydrogens is 393 g/mol. The highest BCUT2D eigenvalue weighted by Gasteiger charge is 2.25. The van der Waals surface area contributed by atoms with E-state index in [0.29, 0.717) is 19.0 Å². The minimum absolute atomic E-state index is 0.137. The Morgan fingerprint density at radius 1 is 1.10 bits per heavy atom. The van der Waals surface area contributed by atoms with Crippen LogP contribution in [0.25, 0.3) is 0 Å². The summed E-state index contributed by atoms with van der Waals surface area (Å²) in [5.41, 5.74) is 4.13. The zero-order valence-electron chi connectivity index (χ0n) is 18.5. The number of benzene rings is 1. The van der Waals surface area contributed by atoms with E-state index in [4.69, 9.17) is 0 Å². The molecule has 0 aliphatic carbocycles. The van der Waals surface area contributed by atoms with E-state index in [9.17, 15) is 9.18 Å². The fraction of sp³-hybridized carbons (Fsp3) is 0.458. The summed E-state index contributed by atoms with van der Waals surface area (Å²) in [5.74, 6) is 1.49. The van der Waals surface area contributed by atoms with Gasteiger partial charge >= 0.3 is 0 Å². The lowest BCUT2D eigenvalue weighted by molar-refractivity contribution is -0.133. The van der Waals surface area contributed by atoms with E-state index in [0.717, 1.165) is 60.8 Å². The number of aromatic nitrogens is 4. The van der Waals surface area contributed by atoms with Gasteiger partial charge in [-0.05, 0) is 63.3 Å². The molecule has 1 amide bonds. The topological polar surface area (TPSA) is 56.0 Å². The third-order valence-electron chi connectivity index (χ3n) is 6.22. The molecule has 1 saturated heterocycles. The number of carbonyl (C=O) groups is 1. The third-order valence-corrected chi connectivity index (χ3v) is 6.22. The average Bonchev–Trinajstić information content (AvgIpc) is 3.25. The van der Waals surface area contributed by atoms with Crippen molar-refractivity contribution in [3.05, 3.63) is 70.8 Å². The van der Waals surface area contributed by atoms with Crippen molar-refractivity contribution in [3.8, 4) is 0 Å². The molecule has 0 unspecified atom stereocenters. The summed E-state index contributed by atoms with van der Waals surface area (Å²) in [4.78, 5) is 19.3. The van der Waals surface area contributed by atoms with Gasteiger partial charge in [-0.1, -0.05) is 12.1 Å². The molecule has 0 saturated carbocycles. The van der Waals surface area contributed by atoms with Crippen molar-refractivity contribution >= 4 is 5.91 Å². The van der Waals surface area contributed by atoms with Crippen molar-refractivity contribution in [1.29, 1.82) is 0 Å². The van der Waals surface area contributed by atoms with Crippen LogP contribution in [0.5, 0.6) is 0 Å². The summed E-state index contributed by atoms with van der Waals surface area (Å²) >= 11 is 0. The highest BCUT2D eigenvalue weighted by atomic mass is 19.1. The van der Waals surface area contributed by atoms with E-state index in [1.54, 1.807) is 4.68 Å². The van der Waals surface area contributed by atoms with Crippen LogP contribution in [0.15, 0.2) is 36.5 Å². The highest BCUT2D eigenvalue weighted by Crippen LogP contribution is 2.23. The molecule has 164 valence electrons. The van der Waals surface area contributed by atoms with Crippen molar-refractivity contribution in [2.75, 3.05) is 13.1 Å². The Bertz CT molecular complexity index is 1040. The van der Waals surface area contributed by atoms with Crippen molar-refractivity contribution in [2.24, 2.45) is 5.92 Å². The molecule has 4 rings (SSSR count). The molecule has 0 radical (unpaired) electrons. The average molecular weight is 424 g/mol. The van der Waals surface area contributed by atoms with Gasteiger partial charge in [0.05, 0.1) is 5.69 Å². The normalized spacial score (nSPS) is 14.9. The number of hydrogen-bond acceptors (Lipinski definition) is 3. The van der Waals surface area contributed by atoms with Gasteiger partial charge in [0, 0.05) is 43.6 Å². The van der Waals surface area contributed by atoms with E-state index in [2.05, 4.69) is 21.6 Å². The summed E-state index contributed by atoms with van der Waals surface area (Å²) in [6.45, 7) is 8.55. The molecule has 2 aromatic heterocycles. The monoisotopic (exact) mass is 423 g/mol. The number of halogens is 1. The molecule has 1 aliphatic heterocycles. The predicted octanol–water partition coefficient (Wildman–Crippen LogP) is 3.67. The second-order valence-corrected chi connectivity index (χ2v) is 8.64. The van der Waals surface area contributed by atoms with Gasteiger partial charge in [-0.3, -0.25) is 9.48 Å². The van der Waals surface area contributed by atoms with E-state index >= 15 is 0 Å². The summed E-state index contributed by atoms with van der Waals surface area (Å²) in [6, 6.07) is 8.65.